The molecule has 0 fully saturated rings. The first kappa shape index (κ1) is 15.2. The predicted molar refractivity (Wildman–Crippen MR) is 88.4 cm³/mol. The van der Waals surface area contributed by atoms with Crippen molar-refractivity contribution in [2.45, 2.75) is 26.2 Å². The Morgan fingerprint density at radius 1 is 1.20 bits per heavy atom. The second kappa shape index (κ2) is 5.63. The zero-order valence-electron chi connectivity index (χ0n) is 12.0. The van der Waals surface area contributed by atoms with Crippen LogP contribution in [0.4, 0.5) is 10.2 Å². The summed E-state index contributed by atoms with van der Waals surface area (Å²) in [5.74, 6) is 1.02. The summed E-state index contributed by atoms with van der Waals surface area (Å²) >= 11 is 2.25. The molecular weight excluding hydrogens is 368 g/mol. The van der Waals surface area contributed by atoms with E-state index in [2.05, 4.69) is 58.6 Å². The van der Waals surface area contributed by atoms with Crippen LogP contribution in [0.5, 0.6) is 0 Å². The Hall–Kier alpha value is -1.24. The van der Waals surface area contributed by atoms with Gasteiger partial charge in [0.2, 0.25) is 0 Å². The summed E-state index contributed by atoms with van der Waals surface area (Å²) in [4.78, 5) is 9.12. The Morgan fingerprint density at radius 3 is 2.45 bits per heavy atom. The van der Waals surface area contributed by atoms with E-state index >= 15 is 0 Å². The Morgan fingerprint density at radius 2 is 1.90 bits per heavy atom. The molecule has 1 aromatic carbocycles. The van der Waals surface area contributed by atoms with Crippen LogP contribution in [0.2, 0.25) is 0 Å². The number of hydrogen-bond donors (Lipinski definition) is 1. The molecule has 0 amide bonds. The molecule has 106 valence electrons. The summed E-state index contributed by atoms with van der Waals surface area (Å²) in [6.07, 6.45) is 0. The number of nitrogens with one attached hydrogen (secondary N) is 1. The van der Waals surface area contributed by atoms with Gasteiger partial charge in [-0.15, -0.1) is 0 Å². The lowest BCUT2D eigenvalue weighted by Crippen LogP contribution is -2.18. The smallest absolute Gasteiger partial charge is 0.161 e. The van der Waals surface area contributed by atoms with Gasteiger partial charge in [-0.2, -0.15) is 0 Å². The van der Waals surface area contributed by atoms with Gasteiger partial charge in [0.1, 0.15) is 11.6 Å². The van der Waals surface area contributed by atoms with Crippen molar-refractivity contribution in [2.75, 3.05) is 12.4 Å². The summed E-state index contributed by atoms with van der Waals surface area (Å²) in [5.41, 5.74) is 1.53. The topological polar surface area (TPSA) is 37.8 Å². The number of anilines is 1. The lowest BCUT2D eigenvalue weighted by molar-refractivity contribution is 0.564. The quantitative estimate of drug-likeness (QED) is 0.787. The van der Waals surface area contributed by atoms with Crippen LogP contribution >= 0.6 is 22.6 Å². The molecule has 1 N–H and O–H groups in total. The van der Waals surface area contributed by atoms with Gasteiger partial charge < -0.3 is 5.32 Å². The predicted octanol–water partition coefficient (Wildman–Crippen LogP) is 4.23. The second-order valence-electron chi connectivity index (χ2n) is 5.57. The van der Waals surface area contributed by atoms with Crippen LogP contribution in [-0.2, 0) is 5.41 Å². The largest absolute Gasteiger partial charge is 0.372 e. The van der Waals surface area contributed by atoms with E-state index in [1.165, 1.54) is 12.1 Å². The number of benzene rings is 1. The van der Waals surface area contributed by atoms with Crippen LogP contribution in [-0.4, -0.2) is 17.0 Å². The number of nitrogens with zero attached hydrogens (tertiary/aromatic N) is 2. The van der Waals surface area contributed by atoms with Gasteiger partial charge in [0.25, 0.3) is 0 Å². The Kier molecular flexibility index (Phi) is 4.27. The fourth-order valence-electron chi connectivity index (χ4n) is 1.87. The van der Waals surface area contributed by atoms with Crippen LogP contribution < -0.4 is 5.32 Å². The molecule has 0 bridgehead atoms. The summed E-state index contributed by atoms with van der Waals surface area (Å²) < 4.78 is 14.4. The van der Waals surface area contributed by atoms with E-state index in [9.17, 15) is 4.39 Å². The van der Waals surface area contributed by atoms with Crippen LogP contribution in [0.25, 0.3) is 11.4 Å². The molecule has 20 heavy (non-hydrogen) atoms. The van der Waals surface area contributed by atoms with Crippen molar-refractivity contribution in [3.05, 3.63) is 39.3 Å². The highest BCUT2D eigenvalue weighted by molar-refractivity contribution is 14.1. The highest BCUT2D eigenvalue weighted by atomic mass is 127. The Bertz CT molecular complexity index is 636. The van der Waals surface area contributed by atoms with Crippen LogP contribution in [0.15, 0.2) is 24.3 Å². The maximum Gasteiger partial charge on any atom is 0.161 e. The third-order valence-corrected chi connectivity index (χ3v) is 3.90. The average molecular weight is 385 g/mol. The molecule has 0 atom stereocenters. The molecule has 0 aliphatic heterocycles. The highest BCUT2D eigenvalue weighted by Crippen LogP contribution is 2.31. The maximum absolute atomic E-state index is 13.4. The van der Waals surface area contributed by atoms with E-state index in [-0.39, 0.29) is 11.2 Å². The van der Waals surface area contributed by atoms with Crippen LogP contribution in [0.1, 0.15) is 26.5 Å². The van der Waals surface area contributed by atoms with Gasteiger partial charge in [0.05, 0.1) is 9.26 Å². The van der Waals surface area contributed by atoms with E-state index < -0.39 is 0 Å². The fraction of sp³-hybridized carbons (Fsp3) is 0.333. The summed E-state index contributed by atoms with van der Waals surface area (Å²) in [5, 5.41) is 3.08. The Labute approximate surface area is 132 Å². The first-order valence-electron chi connectivity index (χ1n) is 6.34. The van der Waals surface area contributed by atoms with Gasteiger partial charge in [-0.05, 0) is 34.7 Å². The number of aromatic nitrogens is 2. The molecule has 1 aromatic heterocycles. The maximum atomic E-state index is 13.4. The van der Waals surface area contributed by atoms with Crippen molar-refractivity contribution in [3.63, 3.8) is 0 Å². The van der Waals surface area contributed by atoms with Crippen molar-refractivity contribution in [1.82, 2.24) is 9.97 Å². The minimum Gasteiger partial charge on any atom is -0.372 e. The molecule has 0 aliphatic carbocycles. The molecule has 0 aliphatic rings. The number of hydrogen-bond acceptors (Lipinski definition) is 3. The zero-order chi connectivity index (χ0) is 14.9. The molecule has 1 heterocycles. The van der Waals surface area contributed by atoms with Crippen LogP contribution in [0, 0.1) is 9.39 Å². The van der Waals surface area contributed by atoms with Crippen molar-refractivity contribution in [3.8, 4) is 11.4 Å². The molecule has 0 saturated heterocycles. The molecular formula is C15H17FIN3. The zero-order valence-corrected chi connectivity index (χ0v) is 14.1. The summed E-state index contributed by atoms with van der Waals surface area (Å²) in [6, 6.07) is 6.35. The van der Waals surface area contributed by atoms with Crippen molar-refractivity contribution in [2.24, 2.45) is 0 Å². The minimum atomic E-state index is -0.284. The lowest BCUT2D eigenvalue weighted by atomic mass is 9.91. The van der Waals surface area contributed by atoms with Crippen molar-refractivity contribution in [1.29, 1.82) is 0 Å². The second-order valence-corrected chi connectivity index (χ2v) is 6.65. The molecule has 0 saturated carbocycles. The number of halogens is 2. The average Bonchev–Trinajstić information content (AvgIpc) is 2.37. The van der Waals surface area contributed by atoms with E-state index in [0.717, 1.165) is 15.1 Å². The molecule has 2 rings (SSSR count). The lowest BCUT2D eigenvalue weighted by Gasteiger charge is -2.21. The monoisotopic (exact) mass is 385 g/mol. The van der Waals surface area contributed by atoms with E-state index in [4.69, 9.17) is 0 Å². The molecule has 0 unspecified atom stereocenters. The fourth-order valence-corrected chi connectivity index (χ4v) is 3.19. The number of rotatable bonds is 2. The van der Waals surface area contributed by atoms with Crippen molar-refractivity contribution >= 4 is 28.4 Å². The van der Waals surface area contributed by atoms with Gasteiger partial charge in [-0.25, -0.2) is 14.4 Å². The van der Waals surface area contributed by atoms with E-state index in [1.807, 2.05) is 13.1 Å². The standard InChI is InChI=1S/C15H17FIN3/c1-15(2,3)12-11(17)14(18-4)20-13(19-12)9-6-5-7-10(16)8-9/h5-8H,1-4H3,(H,18,19,20). The molecule has 2 aromatic rings. The summed E-state index contributed by atoms with van der Waals surface area (Å²) in [6.45, 7) is 6.31. The summed E-state index contributed by atoms with van der Waals surface area (Å²) in [7, 11) is 1.83. The highest BCUT2D eigenvalue weighted by Gasteiger charge is 2.23. The van der Waals surface area contributed by atoms with E-state index in [1.54, 1.807) is 6.07 Å². The van der Waals surface area contributed by atoms with Gasteiger partial charge in [0, 0.05) is 18.0 Å². The van der Waals surface area contributed by atoms with Gasteiger partial charge in [-0.1, -0.05) is 32.9 Å². The third kappa shape index (κ3) is 3.08. The minimum absolute atomic E-state index is 0.104. The van der Waals surface area contributed by atoms with Gasteiger partial charge in [-0.3, -0.25) is 0 Å². The van der Waals surface area contributed by atoms with Crippen LogP contribution in [0.3, 0.4) is 0 Å². The van der Waals surface area contributed by atoms with E-state index in [0.29, 0.717) is 11.4 Å². The normalized spacial score (nSPS) is 11.5. The van der Waals surface area contributed by atoms with Gasteiger partial charge in [0.15, 0.2) is 5.82 Å². The molecule has 5 heteroatoms. The third-order valence-electron chi connectivity index (χ3n) is 2.88. The van der Waals surface area contributed by atoms with Crippen molar-refractivity contribution < 1.29 is 4.39 Å². The SMILES string of the molecule is CNc1nc(-c2cccc(F)c2)nc(C(C)(C)C)c1I. The first-order valence-corrected chi connectivity index (χ1v) is 7.42. The first-order chi connectivity index (χ1) is 9.32. The van der Waals surface area contributed by atoms with Gasteiger partial charge >= 0.3 is 0 Å². The molecule has 0 radical (unpaired) electrons. The molecule has 0 spiro atoms. The molecule has 3 nitrogen and oxygen atoms in total. The Balaban J connectivity index is 2.66.